The van der Waals surface area contributed by atoms with E-state index in [1.165, 1.54) is 0 Å². The highest BCUT2D eigenvalue weighted by atomic mass is 35.5. The second-order valence-electron chi connectivity index (χ2n) is 2.71. The van der Waals surface area contributed by atoms with Gasteiger partial charge in [0.1, 0.15) is 5.82 Å². The molecule has 0 fully saturated rings. The molecular weight excluding hydrogens is 190 g/mol. The van der Waals surface area contributed by atoms with Gasteiger partial charge < -0.3 is 10.1 Å². The zero-order valence-corrected chi connectivity index (χ0v) is 8.38. The summed E-state index contributed by atoms with van der Waals surface area (Å²) in [5.74, 6) is 0.713. The standard InChI is InChI=1S/C8H12ClN3O/c1-6(5-13-2)11-7-3-4-10-8(9)12-7/h3-4,6H,5H2,1-2H3,(H,10,11,12). The predicted molar refractivity (Wildman–Crippen MR) is 52.0 cm³/mol. The van der Waals surface area contributed by atoms with Crippen LogP contribution in [0.2, 0.25) is 5.28 Å². The lowest BCUT2D eigenvalue weighted by atomic mass is 10.3. The molecule has 72 valence electrons. The van der Waals surface area contributed by atoms with E-state index in [9.17, 15) is 0 Å². The van der Waals surface area contributed by atoms with Crippen molar-refractivity contribution >= 4 is 17.4 Å². The molecule has 0 aliphatic carbocycles. The molecule has 1 unspecified atom stereocenters. The second-order valence-corrected chi connectivity index (χ2v) is 3.05. The fraction of sp³-hybridized carbons (Fsp3) is 0.500. The van der Waals surface area contributed by atoms with Crippen LogP contribution in [0.3, 0.4) is 0 Å². The highest BCUT2D eigenvalue weighted by molar-refractivity contribution is 6.28. The Balaban J connectivity index is 2.53. The molecule has 1 rings (SSSR count). The minimum Gasteiger partial charge on any atom is -0.383 e. The molecule has 0 radical (unpaired) electrons. The number of hydrogen-bond donors (Lipinski definition) is 1. The smallest absolute Gasteiger partial charge is 0.224 e. The van der Waals surface area contributed by atoms with Crippen LogP contribution in [-0.2, 0) is 4.74 Å². The van der Waals surface area contributed by atoms with Gasteiger partial charge in [-0.1, -0.05) is 0 Å². The van der Waals surface area contributed by atoms with Gasteiger partial charge in [-0.3, -0.25) is 0 Å². The molecular formula is C8H12ClN3O. The molecule has 1 N–H and O–H groups in total. The molecule has 0 aliphatic rings. The van der Waals surface area contributed by atoms with E-state index in [-0.39, 0.29) is 11.3 Å². The monoisotopic (exact) mass is 201 g/mol. The Hall–Kier alpha value is -0.870. The maximum absolute atomic E-state index is 5.61. The first-order chi connectivity index (χ1) is 6.22. The Labute approximate surface area is 82.3 Å². The molecule has 0 aliphatic heterocycles. The van der Waals surface area contributed by atoms with Gasteiger partial charge in [0, 0.05) is 19.3 Å². The summed E-state index contributed by atoms with van der Waals surface area (Å²) >= 11 is 5.61. The van der Waals surface area contributed by atoms with Crippen molar-refractivity contribution < 1.29 is 4.74 Å². The van der Waals surface area contributed by atoms with E-state index in [1.807, 2.05) is 6.92 Å². The molecule has 0 amide bonds. The van der Waals surface area contributed by atoms with Crippen molar-refractivity contribution in [3.8, 4) is 0 Å². The molecule has 1 aromatic heterocycles. The van der Waals surface area contributed by atoms with Crippen LogP contribution >= 0.6 is 11.6 Å². The van der Waals surface area contributed by atoms with Crippen LogP contribution in [0.15, 0.2) is 12.3 Å². The van der Waals surface area contributed by atoms with Crippen molar-refractivity contribution in [3.63, 3.8) is 0 Å². The maximum atomic E-state index is 5.61. The van der Waals surface area contributed by atoms with Crippen molar-refractivity contribution in [2.24, 2.45) is 0 Å². The topological polar surface area (TPSA) is 47.0 Å². The molecule has 1 atom stereocenters. The molecule has 1 heterocycles. The number of nitrogens with one attached hydrogen (secondary N) is 1. The van der Waals surface area contributed by atoms with Gasteiger partial charge in [0.2, 0.25) is 5.28 Å². The van der Waals surface area contributed by atoms with Crippen LogP contribution in [0.5, 0.6) is 0 Å². The van der Waals surface area contributed by atoms with E-state index in [4.69, 9.17) is 16.3 Å². The third-order valence-electron chi connectivity index (χ3n) is 1.44. The average molecular weight is 202 g/mol. The molecule has 0 spiro atoms. The molecule has 0 saturated heterocycles. The molecule has 0 bridgehead atoms. The summed E-state index contributed by atoms with van der Waals surface area (Å²) in [7, 11) is 1.66. The van der Waals surface area contributed by atoms with Gasteiger partial charge in [-0.05, 0) is 24.6 Å². The number of methoxy groups -OCH3 is 1. The Morgan fingerprint density at radius 2 is 2.46 bits per heavy atom. The van der Waals surface area contributed by atoms with Crippen LogP contribution in [0.25, 0.3) is 0 Å². The Kier molecular flexibility index (Phi) is 3.92. The van der Waals surface area contributed by atoms with Crippen molar-refractivity contribution in [1.82, 2.24) is 9.97 Å². The highest BCUT2D eigenvalue weighted by Crippen LogP contribution is 2.06. The van der Waals surface area contributed by atoms with E-state index in [2.05, 4.69) is 15.3 Å². The number of rotatable bonds is 4. The summed E-state index contributed by atoms with van der Waals surface area (Å²) in [4.78, 5) is 7.76. The molecule has 0 saturated carbocycles. The molecule has 5 heteroatoms. The van der Waals surface area contributed by atoms with Crippen LogP contribution in [0.1, 0.15) is 6.92 Å². The molecule has 13 heavy (non-hydrogen) atoms. The van der Waals surface area contributed by atoms with Gasteiger partial charge in [0.05, 0.1) is 6.61 Å². The summed E-state index contributed by atoms with van der Waals surface area (Å²) in [6.45, 7) is 2.63. The largest absolute Gasteiger partial charge is 0.383 e. The first-order valence-electron chi connectivity index (χ1n) is 3.96. The van der Waals surface area contributed by atoms with Crippen molar-refractivity contribution in [3.05, 3.63) is 17.5 Å². The van der Waals surface area contributed by atoms with Gasteiger partial charge in [0.15, 0.2) is 0 Å². The minimum absolute atomic E-state index is 0.205. The highest BCUT2D eigenvalue weighted by Gasteiger charge is 2.02. The van der Waals surface area contributed by atoms with Gasteiger partial charge in [-0.25, -0.2) is 9.97 Å². The fourth-order valence-electron chi connectivity index (χ4n) is 0.959. The average Bonchev–Trinajstić information content (AvgIpc) is 2.04. The number of ether oxygens (including phenoxy) is 1. The first kappa shape index (κ1) is 10.2. The SMILES string of the molecule is COCC(C)Nc1ccnc(Cl)n1. The number of hydrogen-bond acceptors (Lipinski definition) is 4. The lowest BCUT2D eigenvalue weighted by Crippen LogP contribution is -2.21. The molecule has 0 aromatic carbocycles. The number of halogens is 1. The quantitative estimate of drug-likeness (QED) is 0.752. The van der Waals surface area contributed by atoms with Crippen LogP contribution in [0, 0.1) is 0 Å². The fourth-order valence-corrected chi connectivity index (χ4v) is 1.11. The summed E-state index contributed by atoms with van der Waals surface area (Å²) in [6.07, 6.45) is 1.61. The van der Waals surface area contributed by atoms with E-state index in [1.54, 1.807) is 19.4 Å². The van der Waals surface area contributed by atoms with Gasteiger partial charge in [-0.15, -0.1) is 0 Å². The lowest BCUT2D eigenvalue weighted by Gasteiger charge is -2.12. The normalized spacial score (nSPS) is 12.5. The second kappa shape index (κ2) is 4.99. The zero-order chi connectivity index (χ0) is 9.68. The van der Waals surface area contributed by atoms with E-state index < -0.39 is 0 Å². The molecule has 1 aromatic rings. The van der Waals surface area contributed by atoms with Crippen molar-refractivity contribution in [2.75, 3.05) is 19.0 Å². The third kappa shape index (κ3) is 3.57. The van der Waals surface area contributed by atoms with Gasteiger partial charge >= 0.3 is 0 Å². The number of anilines is 1. The third-order valence-corrected chi connectivity index (χ3v) is 1.62. The van der Waals surface area contributed by atoms with Crippen molar-refractivity contribution in [2.45, 2.75) is 13.0 Å². The molecule has 4 nitrogen and oxygen atoms in total. The lowest BCUT2D eigenvalue weighted by molar-refractivity contribution is 0.190. The van der Waals surface area contributed by atoms with E-state index in [0.717, 1.165) is 0 Å². The minimum atomic E-state index is 0.205. The summed E-state index contributed by atoms with van der Waals surface area (Å²) in [5, 5.41) is 3.37. The summed E-state index contributed by atoms with van der Waals surface area (Å²) in [5.41, 5.74) is 0. The van der Waals surface area contributed by atoms with Gasteiger partial charge in [0.25, 0.3) is 0 Å². The number of aromatic nitrogens is 2. The predicted octanol–water partition coefficient (Wildman–Crippen LogP) is 1.58. The van der Waals surface area contributed by atoms with Gasteiger partial charge in [-0.2, -0.15) is 0 Å². The van der Waals surface area contributed by atoms with Crippen LogP contribution < -0.4 is 5.32 Å². The Morgan fingerprint density at radius 3 is 3.08 bits per heavy atom. The van der Waals surface area contributed by atoms with Crippen molar-refractivity contribution in [1.29, 1.82) is 0 Å². The van der Waals surface area contributed by atoms with Crippen LogP contribution in [0.4, 0.5) is 5.82 Å². The Morgan fingerprint density at radius 1 is 1.69 bits per heavy atom. The summed E-state index contributed by atoms with van der Waals surface area (Å²) in [6, 6.07) is 1.97. The van der Waals surface area contributed by atoms with E-state index in [0.29, 0.717) is 12.4 Å². The Bertz CT molecular complexity index is 269. The van der Waals surface area contributed by atoms with E-state index >= 15 is 0 Å². The number of nitrogens with zero attached hydrogens (tertiary/aromatic N) is 2. The van der Waals surface area contributed by atoms with Crippen LogP contribution in [-0.4, -0.2) is 29.7 Å². The zero-order valence-electron chi connectivity index (χ0n) is 7.62. The maximum Gasteiger partial charge on any atom is 0.224 e. The first-order valence-corrected chi connectivity index (χ1v) is 4.34. The summed E-state index contributed by atoms with van der Waals surface area (Å²) < 4.78 is 4.97.